The van der Waals surface area contributed by atoms with Crippen LogP contribution in [0.25, 0.3) is 0 Å². The number of methoxy groups -OCH3 is 1. The predicted molar refractivity (Wildman–Crippen MR) is 100 cm³/mol. The van der Waals surface area contributed by atoms with Crippen LogP contribution in [-0.4, -0.2) is 46.9 Å². The van der Waals surface area contributed by atoms with Crippen LogP contribution in [0, 0.1) is 0 Å². The van der Waals surface area contributed by atoms with Crippen molar-refractivity contribution in [2.24, 2.45) is 0 Å². The molecule has 2 N–H and O–H groups in total. The molecule has 0 aliphatic rings. The molecule has 0 fully saturated rings. The van der Waals surface area contributed by atoms with Crippen molar-refractivity contribution in [1.82, 2.24) is 14.9 Å². The van der Waals surface area contributed by atoms with Gasteiger partial charge < -0.3 is 24.7 Å². The fraction of sp³-hybridized carbons (Fsp3) is 0.722. The van der Waals surface area contributed by atoms with Gasteiger partial charge in [-0.3, -0.25) is 4.79 Å². The van der Waals surface area contributed by atoms with Gasteiger partial charge in [0.2, 0.25) is 5.91 Å². The third kappa shape index (κ3) is 7.03. The lowest BCUT2D eigenvalue weighted by Gasteiger charge is -2.25. The van der Waals surface area contributed by atoms with Crippen LogP contribution in [0.15, 0.2) is 12.5 Å². The normalized spacial score (nSPS) is 13.2. The molecule has 1 aromatic rings. The van der Waals surface area contributed by atoms with E-state index in [0.29, 0.717) is 18.8 Å². The van der Waals surface area contributed by atoms with Gasteiger partial charge in [0.15, 0.2) is 5.82 Å². The fourth-order valence-corrected chi connectivity index (χ4v) is 2.37. The minimum atomic E-state index is -0.688. The van der Waals surface area contributed by atoms with E-state index in [1.54, 1.807) is 40.4 Å². The Morgan fingerprint density at radius 2 is 1.92 bits per heavy atom. The molecule has 0 saturated carbocycles. The Kier molecular flexibility index (Phi) is 7.62. The Bertz CT molecular complexity index is 605. The molecule has 8 heteroatoms. The van der Waals surface area contributed by atoms with Crippen LogP contribution < -0.4 is 10.6 Å². The number of hydrogen-bond acceptors (Lipinski definition) is 5. The molecule has 0 aliphatic carbocycles. The van der Waals surface area contributed by atoms with Crippen molar-refractivity contribution in [2.45, 2.75) is 71.6 Å². The van der Waals surface area contributed by atoms with Gasteiger partial charge >= 0.3 is 6.09 Å². The summed E-state index contributed by atoms with van der Waals surface area (Å²) in [6, 6.07) is -0.688. The number of imidazole rings is 1. The molecule has 1 heterocycles. The molecular formula is C18H32N4O4. The zero-order valence-corrected chi connectivity index (χ0v) is 16.9. The van der Waals surface area contributed by atoms with Crippen molar-refractivity contribution in [3.05, 3.63) is 12.5 Å². The average Bonchev–Trinajstić information content (AvgIpc) is 2.94. The fourth-order valence-electron chi connectivity index (χ4n) is 2.37. The van der Waals surface area contributed by atoms with Crippen LogP contribution in [0.5, 0.6) is 0 Å². The standard InChI is InChI=1S/C18H32N4O4/c1-8-9-13(20-16(24)26-17(2,3)4)15(23)21-14-10-22(12-19-14)18(5,6)11-25-7/h10,12-13H,8-9,11H2,1-7H3,(H,20,24)(H,21,23)/t13-/m1/s1. The number of alkyl carbamates (subject to hydrolysis) is 1. The zero-order chi connectivity index (χ0) is 20.0. The van der Waals surface area contributed by atoms with Crippen LogP contribution in [0.3, 0.4) is 0 Å². The van der Waals surface area contributed by atoms with E-state index >= 15 is 0 Å². The first-order chi connectivity index (χ1) is 12.0. The van der Waals surface area contributed by atoms with E-state index in [4.69, 9.17) is 9.47 Å². The Morgan fingerprint density at radius 3 is 2.46 bits per heavy atom. The minimum Gasteiger partial charge on any atom is -0.444 e. The van der Waals surface area contributed by atoms with Gasteiger partial charge in [-0.25, -0.2) is 9.78 Å². The smallest absolute Gasteiger partial charge is 0.408 e. The summed E-state index contributed by atoms with van der Waals surface area (Å²) in [5.74, 6) is 0.0961. The summed E-state index contributed by atoms with van der Waals surface area (Å²) in [5.41, 5.74) is -0.911. The highest BCUT2D eigenvalue weighted by Crippen LogP contribution is 2.18. The third-order valence-corrected chi connectivity index (χ3v) is 3.62. The summed E-state index contributed by atoms with van der Waals surface area (Å²) in [4.78, 5) is 28.7. The molecule has 0 bridgehead atoms. The van der Waals surface area contributed by atoms with E-state index in [1.165, 1.54) is 0 Å². The molecule has 148 valence electrons. The number of rotatable bonds is 8. The number of nitrogens with zero attached hydrogens (tertiary/aromatic N) is 2. The number of aromatic nitrogens is 2. The molecule has 26 heavy (non-hydrogen) atoms. The van der Waals surface area contributed by atoms with Crippen LogP contribution in [0.2, 0.25) is 0 Å². The molecule has 0 aromatic carbocycles. The number of amides is 2. The lowest BCUT2D eigenvalue weighted by atomic mass is 10.1. The van der Waals surface area contributed by atoms with Gasteiger partial charge in [-0.05, 0) is 41.0 Å². The largest absolute Gasteiger partial charge is 0.444 e. The van der Waals surface area contributed by atoms with E-state index in [9.17, 15) is 9.59 Å². The van der Waals surface area contributed by atoms with Crippen LogP contribution in [-0.2, 0) is 19.8 Å². The topological polar surface area (TPSA) is 94.5 Å². The first-order valence-electron chi connectivity index (χ1n) is 8.82. The van der Waals surface area contributed by atoms with E-state index < -0.39 is 17.7 Å². The molecule has 1 rings (SSSR count). The van der Waals surface area contributed by atoms with Gasteiger partial charge in [-0.2, -0.15) is 0 Å². The quantitative estimate of drug-likeness (QED) is 0.736. The molecule has 1 aromatic heterocycles. The predicted octanol–water partition coefficient (Wildman–Crippen LogP) is 2.90. The van der Waals surface area contributed by atoms with Gasteiger partial charge in [0.25, 0.3) is 0 Å². The molecule has 0 spiro atoms. The maximum absolute atomic E-state index is 12.5. The second kappa shape index (κ2) is 9.02. The third-order valence-electron chi connectivity index (χ3n) is 3.62. The number of nitrogens with one attached hydrogen (secondary N) is 2. The molecule has 1 atom stereocenters. The lowest BCUT2D eigenvalue weighted by molar-refractivity contribution is -0.118. The Labute approximate surface area is 155 Å². The Morgan fingerprint density at radius 1 is 1.27 bits per heavy atom. The lowest BCUT2D eigenvalue weighted by Crippen LogP contribution is -2.45. The van der Waals surface area contributed by atoms with E-state index in [-0.39, 0.29) is 11.4 Å². The Balaban J connectivity index is 2.76. The average molecular weight is 368 g/mol. The number of anilines is 1. The summed E-state index contributed by atoms with van der Waals surface area (Å²) in [6.07, 6.45) is 4.01. The summed E-state index contributed by atoms with van der Waals surface area (Å²) in [5, 5.41) is 5.37. The summed E-state index contributed by atoms with van der Waals surface area (Å²) >= 11 is 0. The van der Waals surface area contributed by atoms with Crippen molar-refractivity contribution >= 4 is 17.8 Å². The van der Waals surface area contributed by atoms with Crippen molar-refractivity contribution in [2.75, 3.05) is 19.0 Å². The highest BCUT2D eigenvalue weighted by atomic mass is 16.6. The molecular weight excluding hydrogens is 336 g/mol. The molecule has 2 amide bonds. The molecule has 0 unspecified atom stereocenters. The summed E-state index contributed by atoms with van der Waals surface area (Å²) < 4.78 is 12.3. The van der Waals surface area contributed by atoms with Crippen molar-refractivity contribution in [3.63, 3.8) is 0 Å². The zero-order valence-electron chi connectivity index (χ0n) is 16.9. The monoisotopic (exact) mass is 368 g/mol. The van der Waals surface area contributed by atoms with Gasteiger partial charge in [0, 0.05) is 13.3 Å². The van der Waals surface area contributed by atoms with Crippen molar-refractivity contribution in [1.29, 1.82) is 0 Å². The van der Waals surface area contributed by atoms with Crippen molar-refractivity contribution in [3.8, 4) is 0 Å². The minimum absolute atomic E-state index is 0.289. The SMILES string of the molecule is CCC[C@@H](NC(=O)OC(C)(C)C)C(=O)Nc1cn(C(C)(C)COC)cn1. The molecule has 8 nitrogen and oxygen atoms in total. The van der Waals surface area contributed by atoms with Gasteiger partial charge in [0.1, 0.15) is 11.6 Å². The van der Waals surface area contributed by atoms with Crippen LogP contribution >= 0.6 is 0 Å². The van der Waals surface area contributed by atoms with Gasteiger partial charge in [-0.1, -0.05) is 13.3 Å². The second-order valence-corrected chi connectivity index (χ2v) is 7.89. The first kappa shape index (κ1) is 22.0. The summed E-state index contributed by atoms with van der Waals surface area (Å²) in [7, 11) is 1.64. The first-order valence-corrected chi connectivity index (χ1v) is 8.82. The van der Waals surface area contributed by atoms with Crippen LogP contribution in [0.4, 0.5) is 10.6 Å². The van der Waals surface area contributed by atoms with Gasteiger partial charge in [0.05, 0.1) is 18.5 Å². The number of carbonyl (C=O) groups excluding carboxylic acids is 2. The summed E-state index contributed by atoms with van der Waals surface area (Å²) in [6.45, 7) is 11.8. The van der Waals surface area contributed by atoms with E-state index in [2.05, 4.69) is 15.6 Å². The number of ether oxygens (including phenoxy) is 2. The second-order valence-electron chi connectivity index (χ2n) is 7.89. The number of carbonyl (C=O) groups is 2. The van der Waals surface area contributed by atoms with Crippen molar-refractivity contribution < 1.29 is 19.1 Å². The maximum Gasteiger partial charge on any atom is 0.408 e. The molecule has 0 saturated heterocycles. The maximum atomic E-state index is 12.5. The number of hydrogen-bond donors (Lipinski definition) is 2. The van der Waals surface area contributed by atoms with Crippen LogP contribution in [0.1, 0.15) is 54.4 Å². The molecule has 0 radical (unpaired) electrons. The van der Waals surface area contributed by atoms with E-state index in [0.717, 1.165) is 6.42 Å². The highest BCUT2D eigenvalue weighted by molar-refractivity contribution is 5.95. The highest BCUT2D eigenvalue weighted by Gasteiger charge is 2.25. The van der Waals surface area contributed by atoms with E-state index in [1.807, 2.05) is 25.3 Å². The van der Waals surface area contributed by atoms with Gasteiger partial charge in [-0.15, -0.1) is 0 Å². The molecule has 0 aliphatic heterocycles. The Hall–Kier alpha value is -2.09.